The van der Waals surface area contributed by atoms with Gasteiger partial charge in [-0.2, -0.15) is 5.06 Å². The number of hydrogen-bond donors (Lipinski definition) is 0. The molecule has 0 aliphatic carbocycles. The van der Waals surface area contributed by atoms with E-state index in [2.05, 4.69) is 0 Å². The number of hydroxylamine groups is 2. The minimum atomic E-state index is -0.616. The third kappa shape index (κ3) is 6.04. The molecule has 0 saturated carbocycles. The van der Waals surface area contributed by atoms with Crippen LogP contribution in [0.2, 0.25) is 0 Å². The number of carbonyl (C=O) groups is 2. The fourth-order valence-corrected chi connectivity index (χ4v) is 3.57. The number of benzene rings is 1. The summed E-state index contributed by atoms with van der Waals surface area (Å²) in [5.74, 6) is 0.0502. The van der Waals surface area contributed by atoms with Gasteiger partial charge in [-0.15, -0.1) is 0 Å². The van der Waals surface area contributed by atoms with Gasteiger partial charge in [-0.25, -0.2) is 9.59 Å². The van der Waals surface area contributed by atoms with Crippen LogP contribution in [0.15, 0.2) is 36.4 Å². The molecule has 0 aromatic heterocycles. The second-order valence-electron chi connectivity index (χ2n) is 7.15. The number of carbonyl (C=O) groups excluding carboxylic acids is 2. The Kier molecular flexibility index (Phi) is 8.24. The summed E-state index contributed by atoms with van der Waals surface area (Å²) >= 11 is 0. The maximum atomic E-state index is 12.1. The van der Waals surface area contributed by atoms with E-state index in [9.17, 15) is 9.59 Å². The molecule has 0 radical (unpaired) electrons. The van der Waals surface area contributed by atoms with Gasteiger partial charge < -0.3 is 18.9 Å². The van der Waals surface area contributed by atoms with E-state index in [0.717, 1.165) is 11.3 Å². The second kappa shape index (κ2) is 11.1. The predicted octanol–water partition coefficient (Wildman–Crippen LogP) is 2.41. The Hall–Kier alpha value is -2.42. The van der Waals surface area contributed by atoms with Crippen LogP contribution < -0.4 is 4.74 Å². The number of methoxy groups -OCH3 is 1. The maximum Gasteiger partial charge on any atom is 0.337 e. The molecule has 0 N–H and O–H groups in total. The molecule has 30 heavy (non-hydrogen) atoms. The van der Waals surface area contributed by atoms with Gasteiger partial charge in [-0.1, -0.05) is 18.2 Å². The van der Waals surface area contributed by atoms with Gasteiger partial charge in [0.25, 0.3) is 0 Å². The average Bonchev–Trinajstić information content (AvgIpc) is 3.33. The summed E-state index contributed by atoms with van der Waals surface area (Å²) in [5, 5.41) is 1.73. The zero-order valence-corrected chi connectivity index (χ0v) is 17.5. The highest BCUT2D eigenvalue weighted by Crippen LogP contribution is 2.32. The van der Waals surface area contributed by atoms with Gasteiger partial charge in [0.05, 0.1) is 33.0 Å². The third-order valence-electron chi connectivity index (χ3n) is 5.08. The molecule has 2 fully saturated rings. The molecule has 2 heterocycles. The molecule has 8 heteroatoms. The van der Waals surface area contributed by atoms with Crippen molar-refractivity contribution in [2.24, 2.45) is 0 Å². The molecule has 1 aromatic rings. The molecule has 1 unspecified atom stereocenters. The highest BCUT2D eigenvalue weighted by molar-refractivity contribution is 5.82. The zero-order chi connectivity index (χ0) is 21.3. The normalized spacial score (nSPS) is 23.5. The van der Waals surface area contributed by atoms with E-state index < -0.39 is 12.1 Å². The van der Waals surface area contributed by atoms with Crippen molar-refractivity contribution in [1.29, 1.82) is 0 Å². The summed E-state index contributed by atoms with van der Waals surface area (Å²) in [7, 11) is 1.63. The van der Waals surface area contributed by atoms with Crippen molar-refractivity contribution >= 4 is 11.9 Å². The summed E-state index contributed by atoms with van der Waals surface area (Å²) in [6.07, 6.45) is 4.04. The number of esters is 2. The van der Waals surface area contributed by atoms with Crippen LogP contribution >= 0.6 is 0 Å². The Labute approximate surface area is 176 Å². The number of ether oxygens (including phenoxy) is 4. The number of fused-ring (bicyclic) bond motifs is 1. The third-order valence-corrected chi connectivity index (χ3v) is 5.08. The molecular formula is C22H29NO7. The van der Waals surface area contributed by atoms with E-state index in [1.807, 2.05) is 24.3 Å². The van der Waals surface area contributed by atoms with E-state index in [1.165, 1.54) is 6.08 Å². The molecule has 164 valence electrons. The summed E-state index contributed by atoms with van der Waals surface area (Å²) in [5.41, 5.74) is 1.06. The molecule has 1 aromatic carbocycles. The predicted molar refractivity (Wildman–Crippen MR) is 108 cm³/mol. The zero-order valence-electron chi connectivity index (χ0n) is 17.5. The van der Waals surface area contributed by atoms with Crippen molar-refractivity contribution in [3.63, 3.8) is 0 Å². The first kappa shape index (κ1) is 22.3. The summed E-state index contributed by atoms with van der Waals surface area (Å²) < 4.78 is 21.3. The lowest BCUT2D eigenvalue weighted by molar-refractivity contribution is -0.185. The van der Waals surface area contributed by atoms with Gasteiger partial charge in [0.15, 0.2) is 6.10 Å². The van der Waals surface area contributed by atoms with E-state index in [0.29, 0.717) is 45.6 Å². The van der Waals surface area contributed by atoms with Crippen molar-refractivity contribution in [2.75, 3.05) is 26.9 Å². The summed E-state index contributed by atoms with van der Waals surface area (Å²) in [6.45, 7) is 3.71. The first-order valence-electron chi connectivity index (χ1n) is 10.3. The highest BCUT2D eigenvalue weighted by Gasteiger charge is 2.47. The van der Waals surface area contributed by atoms with Crippen LogP contribution in [0.3, 0.4) is 0 Å². The van der Waals surface area contributed by atoms with Crippen molar-refractivity contribution < 1.29 is 33.4 Å². The van der Waals surface area contributed by atoms with Crippen molar-refractivity contribution in [3.05, 3.63) is 42.0 Å². The fraction of sp³-hybridized carbons (Fsp3) is 0.545. The van der Waals surface area contributed by atoms with Gasteiger partial charge in [0.2, 0.25) is 0 Å². The van der Waals surface area contributed by atoms with Crippen LogP contribution in [-0.2, 0) is 35.2 Å². The van der Waals surface area contributed by atoms with Gasteiger partial charge >= 0.3 is 11.9 Å². The van der Waals surface area contributed by atoms with Crippen molar-refractivity contribution in [3.8, 4) is 5.75 Å². The lowest BCUT2D eigenvalue weighted by Gasteiger charge is -2.17. The Morgan fingerprint density at radius 1 is 1.27 bits per heavy atom. The molecule has 3 atom stereocenters. The molecule has 2 saturated heterocycles. The highest BCUT2D eigenvalue weighted by atomic mass is 16.7. The molecule has 8 nitrogen and oxygen atoms in total. The van der Waals surface area contributed by atoms with Crippen LogP contribution in [0.25, 0.3) is 0 Å². The Morgan fingerprint density at radius 2 is 2.07 bits per heavy atom. The van der Waals surface area contributed by atoms with Gasteiger partial charge in [-0.3, -0.25) is 4.84 Å². The molecule has 0 spiro atoms. The summed E-state index contributed by atoms with van der Waals surface area (Å²) in [4.78, 5) is 29.6. The van der Waals surface area contributed by atoms with Crippen LogP contribution in [0.5, 0.6) is 5.75 Å². The van der Waals surface area contributed by atoms with E-state index in [1.54, 1.807) is 25.2 Å². The molecular weight excluding hydrogens is 390 g/mol. The fourth-order valence-electron chi connectivity index (χ4n) is 3.57. The number of hydrogen-bond acceptors (Lipinski definition) is 8. The molecule has 2 aliphatic rings. The standard InChI is InChI=1S/C22H29NO7/c1-3-28-22(25)20-14-18-19(11-12-23(18)30-20)29-21(24)6-4-5-13-27-15-16-7-9-17(26-2)10-8-16/h4,6-10,18-20H,3,5,11-15H2,1-2H3/b6-4+/t18-,19-,20?/m1/s1. The largest absolute Gasteiger partial charge is 0.497 e. The molecule has 0 bridgehead atoms. The topological polar surface area (TPSA) is 83.5 Å². The average molecular weight is 419 g/mol. The summed E-state index contributed by atoms with van der Waals surface area (Å²) in [6, 6.07) is 7.59. The van der Waals surface area contributed by atoms with Gasteiger partial charge in [-0.05, 0) is 31.0 Å². The van der Waals surface area contributed by atoms with Crippen LogP contribution in [0.1, 0.15) is 31.7 Å². The quantitative estimate of drug-likeness (QED) is 0.325. The maximum absolute atomic E-state index is 12.1. The number of rotatable bonds is 10. The van der Waals surface area contributed by atoms with E-state index in [4.69, 9.17) is 23.8 Å². The Balaban J connectivity index is 1.33. The van der Waals surface area contributed by atoms with E-state index in [-0.39, 0.29) is 18.1 Å². The minimum Gasteiger partial charge on any atom is -0.497 e. The second-order valence-corrected chi connectivity index (χ2v) is 7.15. The van der Waals surface area contributed by atoms with Crippen LogP contribution in [0, 0.1) is 0 Å². The van der Waals surface area contributed by atoms with E-state index >= 15 is 0 Å². The molecule has 2 aliphatic heterocycles. The Bertz CT molecular complexity index is 734. The van der Waals surface area contributed by atoms with Crippen LogP contribution in [0.4, 0.5) is 0 Å². The molecule has 0 amide bonds. The lowest BCUT2D eigenvalue weighted by atomic mass is 10.1. The van der Waals surface area contributed by atoms with Crippen molar-refractivity contribution in [2.45, 2.75) is 51.0 Å². The van der Waals surface area contributed by atoms with Gasteiger partial charge in [0.1, 0.15) is 11.9 Å². The van der Waals surface area contributed by atoms with Crippen LogP contribution in [-0.4, -0.2) is 62.1 Å². The number of nitrogens with zero attached hydrogens (tertiary/aromatic N) is 1. The SMILES string of the molecule is CCOC(=O)C1C[C@@H]2[C@H](OC(=O)/C=C/CCOCc3ccc(OC)cc3)CCN2O1. The lowest BCUT2D eigenvalue weighted by Crippen LogP contribution is -2.31. The molecule has 3 rings (SSSR count). The van der Waals surface area contributed by atoms with Gasteiger partial charge in [0, 0.05) is 25.5 Å². The monoisotopic (exact) mass is 419 g/mol. The van der Waals surface area contributed by atoms with Crippen molar-refractivity contribution in [1.82, 2.24) is 5.06 Å². The first-order valence-corrected chi connectivity index (χ1v) is 10.3. The minimum absolute atomic E-state index is 0.107. The first-order chi connectivity index (χ1) is 14.6. The Morgan fingerprint density at radius 3 is 2.80 bits per heavy atom. The smallest absolute Gasteiger partial charge is 0.337 e.